The van der Waals surface area contributed by atoms with Crippen LogP contribution < -0.4 is 0 Å². The van der Waals surface area contributed by atoms with Crippen LogP contribution in [0.5, 0.6) is 0 Å². The Morgan fingerprint density at radius 1 is 1.52 bits per heavy atom. The summed E-state index contributed by atoms with van der Waals surface area (Å²) in [5.74, 6) is -0.651. The quantitative estimate of drug-likeness (QED) is 0.818. The molecule has 0 aliphatic rings. The summed E-state index contributed by atoms with van der Waals surface area (Å²) in [6.45, 7) is 2.20. The first-order valence-electron chi connectivity index (χ1n) is 6.24. The number of aryl methyl sites for hydroxylation is 1. The van der Waals surface area contributed by atoms with Crippen LogP contribution in [0.15, 0.2) is 29.6 Å². The zero-order valence-electron chi connectivity index (χ0n) is 11.6. The van der Waals surface area contributed by atoms with E-state index >= 15 is 0 Å². The fraction of sp³-hybridized carbons (Fsp3) is 0.333. The Morgan fingerprint density at radius 2 is 2.24 bits per heavy atom. The van der Waals surface area contributed by atoms with Crippen molar-refractivity contribution in [3.63, 3.8) is 0 Å². The molecule has 0 aliphatic heterocycles. The highest BCUT2D eigenvalue weighted by molar-refractivity contribution is 7.89. The van der Waals surface area contributed by atoms with Crippen molar-refractivity contribution in [2.75, 3.05) is 7.05 Å². The number of aromatic amines is 1. The molecule has 2 heterocycles. The molecule has 2 aromatic rings. The molecule has 114 valence electrons. The summed E-state index contributed by atoms with van der Waals surface area (Å²) in [5.41, 5.74) is -0.0533. The lowest BCUT2D eigenvalue weighted by Gasteiger charge is -2.14. The molecule has 0 aromatic carbocycles. The predicted molar refractivity (Wildman–Crippen MR) is 74.3 cm³/mol. The Labute approximate surface area is 122 Å². The van der Waals surface area contributed by atoms with Gasteiger partial charge in [0.2, 0.25) is 10.0 Å². The van der Waals surface area contributed by atoms with Gasteiger partial charge in [-0.3, -0.25) is 0 Å². The summed E-state index contributed by atoms with van der Waals surface area (Å²) < 4.78 is 27.4. The molecule has 0 bridgehead atoms. The number of carboxylic acid groups (broad SMARTS) is 1. The zero-order chi connectivity index (χ0) is 15.6. The van der Waals surface area contributed by atoms with E-state index in [1.807, 2.05) is 0 Å². The van der Waals surface area contributed by atoms with Gasteiger partial charge in [0.15, 0.2) is 0 Å². The van der Waals surface area contributed by atoms with Crippen molar-refractivity contribution in [3.05, 3.63) is 36.2 Å². The number of carbonyl (C=O) groups is 1. The summed E-state index contributed by atoms with van der Waals surface area (Å²) in [7, 11) is -2.35. The Bertz CT molecular complexity index is 733. The van der Waals surface area contributed by atoms with E-state index in [-0.39, 0.29) is 17.1 Å². The first-order chi connectivity index (χ1) is 9.86. The van der Waals surface area contributed by atoms with Gasteiger partial charge in [-0.05, 0) is 13.0 Å². The third kappa shape index (κ3) is 2.98. The van der Waals surface area contributed by atoms with E-state index in [9.17, 15) is 13.2 Å². The molecule has 0 atom stereocenters. The van der Waals surface area contributed by atoms with Gasteiger partial charge in [0.25, 0.3) is 0 Å². The highest BCUT2D eigenvalue weighted by Gasteiger charge is 2.25. The van der Waals surface area contributed by atoms with Crippen LogP contribution in [0.4, 0.5) is 0 Å². The van der Waals surface area contributed by atoms with Crippen molar-refractivity contribution >= 4 is 16.0 Å². The fourth-order valence-corrected chi connectivity index (χ4v) is 3.10. The highest BCUT2D eigenvalue weighted by Crippen LogP contribution is 2.19. The van der Waals surface area contributed by atoms with Crippen LogP contribution in [0.3, 0.4) is 0 Å². The molecule has 0 saturated heterocycles. The molecule has 21 heavy (non-hydrogen) atoms. The van der Waals surface area contributed by atoms with E-state index in [4.69, 9.17) is 5.11 Å². The van der Waals surface area contributed by atoms with Crippen LogP contribution >= 0.6 is 0 Å². The minimum atomic E-state index is -3.77. The second-order valence-electron chi connectivity index (χ2n) is 4.45. The molecule has 2 N–H and O–H groups in total. The van der Waals surface area contributed by atoms with Gasteiger partial charge in [-0.2, -0.15) is 4.31 Å². The SMILES string of the molecule is CCn1cc(S(=O)(=O)N(C)Cc2ncc[nH]2)cc1C(=O)O. The smallest absolute Gasteiger partial charge is 0.352 e. The van der Waals surface area contributed by atoms with E-state index in [0.29, 0.717) is 12.4 Å². The molecule has 2 aromatic heterocycles. The summed E-state index contributed by atoms with van der Waals surface area (Å²) in [6, 6.07) is 1.17. The number of nitrogens with zero attached hydrogens (tertiary/aromatic N) is 3. The lowest BCUT2D eigenvalue weighted by Crippen LogP contribution is -2.26. The average Bonchev–Trinajstić information content (AvgIpc) is 3.06. The minimum Gasteiger partial charge on any atom is -0.477 e. The molecule has 0 radical (unpaired) electrons. The molecule has 9 heteroatoms. The lowest BCUT2D eigenvalue weighted by molar-refractivity contribution is 0.0685. The van der Waals surface area contributed by atoms with Crippen molar-refractivity contribution in [1.29, 1.82) is 0 Å². The van der Waals surface area contributed by atoms with Gasteiger partial charge in [-0.25, -0.2) is 18.2 Å². The molecular weight excluding hydrogens is 296 g/mol. The van der Waals surface area contributed by atoms with E-state index in [1.54, 1.807) is 13.1 Å². The Morgan fingerprint density at radius 3 is 2.71 bits per heavy atom. The number of nitrogens with one attached hydrogen (secondary N) is 1. The third-order valence-corrected chi connectivity index (χ3v) is 4.84. The van der Waals surface area contributed by atoms with Crippen LogP contribution in [0.25, 0.3) is 0 Å². The van der Waals surface area contributed by atoms with E-state index in [1.165, 1.54) is 30.1 Å². The minimum absolute atomic E-state index is 0.0455. The second-order valence-corrected chi connectivity index (χ2v) is 6.49. The maximum absolute atomic E-state index is 12.4. The molecule has 2 rings (SSSR count). The van der Waals surface area contributed by atoms with Crippen LogP contribution in [0.1, 0.15) is 23.2 Å². The molecule has 0 unspecified atom stereocenters. The number of carboxylic acids is 1. The molecule has 0 amide bonds. The van der Waals surface area contributed by atoms with Crippen LogP contribution in [-0.4, -0.2) is 45.4 Å². The third-order valence-electron chi connectivity index (χ3n) is 3.07. The number of rotatable bonds is 6. The number of H-pyrrole nitrogens is 1. The van der Waals surface area contributed by atoms with E-state index in [2.05, 4.69) is 9.97 Å². The number of hydrogen-bond acceptors (Lipinski definition) is 4. The van der Waals surface area contributed by atoms with E-state index in [0.717, 1.165) is 4.31 Å². The maximum atomic E-state index is 12.4. The number of aromatic carboxylic acids is 1. The standard InChI is InChI=1S/C12H16N4O4S/c1-3-16-7-9(6-10(16)12(17)18)21(19,20)15(2)8-11-13-4-5-14-11/h4-7H,3,8H2,1-2H3,(H,13,14)(H,17,18). The topological polar surface area (TPSA) is 108 Å². The lowest BCUT2D eigenvalue weighted by atomic mass is 10.4. The number of imidazole rings is 1. The number of sulfonamides is 1. The van der Waals surface area contributed by atoms with Gasteiger partial charge < -0.3 is 14.7 Å². The monoisotopic (exact) mass is 312 g/mol. The molecular formula is C12H16N4O4S. The Balaban J connectivity index is 2.33. The highest BCUT2D eigenvalue weighted by atomic mass is 32.2. The molecule has 0 aliphatic carbocycles. The van der Waals surface area contributed by atoms with Crippen LogP contribution in [-0.2, 0) is 23.1 Å². The van der Waals surface area contributed by atoms with Crippen molar-refractivity contribution in [2.45, 2.75) is 24.9 Å². The second kappa shape index (κ2) is 5.70. The molecule has 8 nitrogen and oxygen atoms in total. The average molecular weight is 312 g/mol. The van der Waals surface area contributed by atoms with Crippen molar-refractivity contribution < 1.29 is 18.3 Å². The van der Waals surface area contributed by atoms with Gasteiger partial charge in [0.1, 0.15) is 16.4 Å². The maximum Gasteiger partial charge on any atom is 0.352 e. The van der Waals surface area contributed by atoms with Crippen LogP contribution in [0.2, 0.25) is 0 Å². The van der Waals surface area contributed by atoms with Gasteiger partial charge in [-0.1, -0.05) is 0 Å². The first-order valence-corrected chi connectivity index (χ1v) is 7.68. The number of hydrogen-bond donors (Lipinski definition) is 2. The van der Waals surface area contributed by atoms with Crippen molar-refractivity contribution in [1.82, 2.24) is 18.8 Å². The fourth-order valence-electron chi connectivity index (χ4n) is 1.93. The van der Waals surface area contributed by atoms with E-state index < -0.39 is 16.0 Å². The van der Waals surface area contributed by atoms with Gasteiger partial charge in [-0.15, -0.1) is 0 Å². The Hall–Kier alpha value is -2.13. The van der Waals surface area contributed by atoms with Crippen molar-refractivity contribution in [2.24, 2.45) is 0 Å². The summed E-state index contributed by atoms with van der Waals surface area (Å²) >= 11 is 0. The predicted octanol–water partition coefficient (Wildman–Crippen LogP) is 0.750. The summed E-state index contributed by atoms with van der Waals surface area (Å²) in [6.07, 6.45) is 4.47. The molecule has 0 spiro atoms. The summed E-state index contributed by atoms with van der Waals surface area (Å²) in [4.78, 5) is 17.8. The zero-order valence-corrected chi connectivity index (χ0v) is 12.5. The largest absolute Gasteiger partial charge is 0.477 e. The van der Waals surface area contributed by atoms with Crippen molar-refractivity contribution in [3.8, 4) is 0 Å². The van der Waals surface area contributed by atoms with Gasteiger partial charge in [0.05, 0.1) is 6.54 Å². The summed E-state index contributed by atoms with van der Waals surface area (Å²) in [5, 5.41) is 9.08. The number of aromatic nitrogens is 3. The van der Waals surface area contributed by atoms with Gasteiger partial charge in [0, 0.05) is 32.2 Å². The first kappa shape index (κ1) is 15.3. The van der Waals surface area contributed by atoms with Crippen LogP contribution in [0, 0.1) is 0 Å². The Kier molecular flexibility index (Phi) is 4.14. The molecule has 0 saturated carbocycles. The normalized spacial score (nSPS) is 12.0. The molecule has 0 fully saturated rings. The van der Waals surface area contributed by atoms with Gasteiger partial charge >= 0.3 is 5.97 Å².